The van der Waals surface area contributed by atoms with Gasteiger partial charge in [0.2, 0.25) is 5.54 Å². The highest BCUT2D eigenvalue weighted by molar-refractivity contribution is 6.23. The molecule has 3 aromatic rings. The molecule has 3 aromatic carbocycles. The zero-order valence-electron chi connectivity index (χ0n) is 23.1. The van der Waals surface area contributed by atoms with Gasteiger partial charge in [-0.3, -0.25) is 10.1 Å². The molecule has 0 aliphatic carbocycles. The average molecular weight is 540 g/mol. The molecule has 1 spiro atoms. The summed E-state index contributed by atoms with van der Waals surface area (Å²) in [6, 6.07) is 25.2. The molecule has 40 heavy (non-hydrogen) atoms. The summed E-state index contributed by atoms with van der Waals surface area (Å²) in [5.74, 6) is -2.97. The lowest BCUT2D eigenvalue weighted by Crippen LogP contribution is -2.60. The maximum Gasteiger partial charge on any atom is 0.338 e. The van der Waals surface area contributed by atoms with E-state index in [9.17, 15) is 14.4 Å². The lowest BCUT2D eigenvalue weighted by atomic mass is 9.61. The number of amides is 1. The van der Waals surface area contributed by atoms with Crippen LogP contribution in [-0.2, 0) is 23.9 Å². The van der Waals surface area contributed by atoms with E-state index in [-0.39, 0.29) is 19.1 Å². The van der Waals surface area contributed by atoms with E-state index in [0.29, 0.717) is 17.0 Å². The van der Waals surface area contributed by atoms with Gasteiger partial charge in [-0.25, -0.2) is 9.59 Å². The van der Waals surface area contributed by atoms with E-state index in [4.69, 9.17) is 14.6 Å². The number of hydrazone groups is 1. The summed E-state index contributed by atoms with van der Waals surface area (Å²) in [6.45, 7) is 7.19. The molecule has 0 aromatic heterocycles. The van der Waals surface area contributed by atoms with Gasteiger partial charge in [-0.05, 0) is 51.0 Å². The second-order valence-corrected chi connectivity index (χ2v) is 10.1. The summed E-state index contributed by atoms with van der Waals surface area (Å²) in [4.78, 5) is 43.0. The Hall–Kier alpha value is -4.30. The largest absolute Gasteiger partial charge is 0.464 e. The van der Waals surface area contributed by atoms with Crippen LogP contribution in [-0.4, -0.2) is 42.3 Å². The van der Waals surface area contributed by atoms with Gasteiger partial charge in [-0.15, -0.1) is 0 Å². The fraction of sp³-hybridized carbons (Fsp3) is 0.312. The lowest BCUT2D eigenvalue weighted by molar-refractivity contribution is -0.166. The van der Waals surface area contributed by atoms with Crippen molar-refractivity contribution in [2.45, 2.75) is 45.2 Å². The predicted octanol–water partition coefficient (Wildman–Crippen LogP) is 4.70. The molecule has 8 nitrogen and oxygen atoms in total. The first-order valence-corrected chi connectivity index (χ1v) is 13.5. The minimum atomic E-state index is -2.03. The van der Waals surface area contributed by atoms with Crippen molar-refractivity contribution in [2.24, 2.45) is 10.5 Å². The first-order chi connectivity index (χ1) is 19.3. The number of nitrogens with zero attached hydrogens (tertiary/aromatic N) is 2. The third-order valence-electron chi connectivity index (χ3n) is 7.85. The second-order valence-electron chi connectivity index (χ2n) is 10.1. The van der Waals surface area contributed by atoms with Crippen molar-refractivity contribution in [2.75, 3.05) is 18.2 Å². The first-order valence-electron chi connectivity index (χ1n) is 13.5. The summed E-state index contributed by atoms with van der Waals surface area (Å²) in [6.07, 6.45) is 0. The third-order valence-corrected chi connectivity index (χ3v) is 7.85. The molecule has 2 heterocycles. The molecule has 2 aliphatic heterocycles. The van der Waals surface area contributed by atoms with Crippen molar-refractivity contribution in [3.05, 3.63) is 102 Å². The molecule has 2 aliphatic rings. The van der Waals surface area contributed by atoms with Gasteiger partial charge in [0.15, 0.2) is 0 Å². The van der Waals surface area contributed by atoms with Crippen LogP contribution in [0.5, 0.6) is 0 Å². The van der Waals surface area contributed by atoms with Crippen molar-refractivity contribution in [3.63, 3.8) is 0 Å². The van der Waals surface area contributed by atoms with Crippen LogP contribution in [0.15, 0.2) is 90.0 Å². The van der Waals surface area contributed by atoms with E-state index < -0.39 is 34.9 Å². The zero-order valence-corrected chi connectivity index (χ0v) is 23.1. The number of nitrogens with one attached hydrogen (secondary N) is 1. The van der Waals surface area contributed by atoms with Crippen LogP contribution in [0, 0.1) is 12.3 Å². The Morgan fingerprint density at radius 1 is 0.825 bits per heavy atom. The highest BCUT2D eigenvalue weighted by Gasteiger charge is 2.76. The van der Waals surface area contributed by atoms with Crippen LogP contribution in [0.1, 0.15) is 49.4 Å². The molecular weight excluding hydrogens is 506 g/mol. The summed E-state index contributed by atoms with van der Waals surface area (Å²) < 4.78 is 11.1. The number of anilines is 1. The van der Waals surface area contributed by atoms with Gasteiger partial charge in [0, 0.05) is 5.92 Å². The first kappa shape index (κ1) is 27.3. The summed E-state index contributed by atoms with van der Waals surface area (Å²) >= 11 is 0. The van der Waals surface area contributed by atoms with E-state index in [1.807, 2.05) is 79.7 Å². The molecular formula is C32H33N3O5. The Morgan fingerprint density at radius 2 is 1.38 bits per heavy atom. The van der Waals surface area contributed by atoms with Gasteiger partial charge < -0.3 is 9.47 Å². The molecule has 8 heteroatoms. The number of para-hydroxylation sites is 1. The number of carbonyl (C=O) groups is 3. The molecule has 1 N–H and O–H groups in total. The fourth-order valence-electron chi connectivity index (χ4n) is 6.14. The lowest BCUT2D eigenvalue weighted by Gasteiger charge is -2.37. The quantitative estimate of drug-likeness (QED) is 0.345. The van der Waals surface area contributed by atoms with Crippen LogP contribution < -0.4 is 10.3 Å². The van der Waals surface area contributed by atoms with Gasteiger partial charge in [0.05, 0.1) is 30.7 Å². The van der Waals surface area contributed by atoms with E-state index in [2.05, 4.69) is 5.32 Å². The molecule has 1 amide bonds. The standard InChI is InChI=1S/C32H33N3O5/c1-5-39-29(37)32(30(38)40-6-2)26(23-19-17-21(3)18-20-23)31(27(33-32)24-13-9-7-10-14-24)22(4)34-35(28(31)36)25-15-11-8-12-16-25/h7-20,26-27,33H,5-6H2,1-4H3/t26-,27+,31+/m0/s1. The molecule has 0 unspecified atom stereocenters. The highest BCUT2D eigenvalue weighted by atomic mass is 16.6. The smallest absolute Gasteiger partial charge is 0.338 e. The number of hydrogen-bond donors (Lipinski definition) is 1. The Balaban J connectivity index is 1.85. The van der Waals surface area contributed by atoms with Crippen LogP contribution in [0.2, 0.25) is 0 Å². The molecule has 206 valence electrons. The SMILES string of the molecule is CCOC(=O)C1(C(=O)OCC)N[C@H](c2ccccc2)[C@]2(C(=O)N(c3ccccc3)N=C2C)[C@@H]1c1ccc(C)cc1. The van der Waals surface area contributed by atoms with Crippen LogP contribution in [0.4, 0.5) is 5.69 Å². The number of hydrogen-bond acceptors (Lipinski definition) is 7. The van der Waals surface area contributed by atoms with Gasteiger partial charge in [0.25, 0.3) is 5.91 Å². The highest BCUT2D eigenvalue weighted by Crippen LogP contribution is 2.61. The molecule has 0 radical (unpaired) electrons. The van der Waals surface area contributed by atoms with Crippen molar-refractivity contribution < 1.29 is 23.9 Å². The van der Waals surface area contributed by atoms with Gasteiger partial charge in [0.1, 0.15) is 5.41 Å². The van der Waals surface area contributed by atoms with Crippen LogP contribution >= 0.6 is 0 Å². The van der Waals surface area contributed by atoms with Crippen LogP contribution in [0.3, 0.4) is 0 Å². The van der Waals surface area contributed by atoms with E-state index >= 15 is 0 Å². The van der Waals surface area contributed by atoms with Gasteiger partial charge >= 0.3 is 11.9 Å². The number of carbonyl (C=O) groups excluding carboxylic acids is 3. The molecule has 5 rings (SSSR count). The summed E-state index contributed by atoms with van der Waals surface area (Å²) in [5, 5.41) is 9.49. The summed E-state index contributed by atoms with van der Waals surface area (Å²) in [5.41, 5.74) is -0.0854. The van der Waals surface area contributed by atoms with E-state index in [0.717, 1.165) is 11.1 Å². The Labute approximate surface area is 234 Å². The number of esters is 2. The van der Waals surface area contributed by atoms with Crippen molar-refractivity contribution in [3.8, 4) is 0 Å². The number of ether oxygens (including phenoxy) is 2. The Morgan fingerprint density at radius 3 is 1.93 bits per heavy atom. The van der Waals surface area contributed by atoms with E-state index in [1.54, 1.807) is 32.9 Å². The Bertz CT molecular complexity index is 1420. The van der Waals surface area contributed by atoms with Crippen molar-refractivity contribution in [1.82, 2.24) is 5.32 Å². The van der Waals surface area contributed by atoms with E-state index in [1.165, 1.54) is 5.01 Å². The Kier molecular flexibility index (Phi) is 7.29. The maximum atomic E-state index is 14.9. The predicted molar refractivity (Wildman–Crippen MR) is 152 cm³/mol. The fourth-order valence-corrected chi connectivity index (χ4v) is 6.14. The maximum absolute atomic E-state index is 14.9. The van der Waals surface area contributed by atoms with Crippen molar-refractivity contribution >= 4 is 29.2 Å². The molecule has 1 saturated heterocycles. The monoisotopic (exact) mass is 539 g/mol. The minimum Gasteiger partial charge on any atom is -0.464 e. The van der Waals surface area contributed by atoms with Crippen LogP contribution in [0.25, 0.3) is 0 Å². The molecule has 3 atom stereocenters. The second kappa shape index (κ2) is 10.7. The van der Waals surface area contributed by atoms with Gasteiger partial charge in [-0.1, -0.05) is 78.4 Å². The number of benzene rings is 3. The number of aryl methyl sites for hydroxylation is 1. The topological polar surface area (TPSA) is 97.3 Å². The van der Waals surface area contributed by atoms with Crippen molar-refractivity contribution in [1.29, 1.82) is 0 Å². The third kappa shape index (κ3) is 4.02. The minimum absolute atomic E-state index is 0.0441. The molecule has 1 fully saturated rings. The number of rotatable bonds is 7. The summed E-state index contributed by atoms with van der Waals surface area (Å²) in [7, 11) is 0. The van der Waals surface area contributed by atoms with Gasteiger partial charge in [-0.2, -0.15) is 10.1 Å². The normalized spacial score (nSPS) is 23.2. The average Bonchev–Trinajstić information content (AvgIpc) is 3.44. The molecule has 0 bridgehead atoms. The zero-order chi connectivity index (χ0) is 28.5. The molecule has 0 saturated carbocycles.